The van der Waals surface area contributed by atoms with Crippen LogP contribution in [0.4, 0.5) is 10.1 Å². The first kappa shape index (κ1) is 23.0. The van der Waals surface area contributed by atoms with Crippen molar-refractivity contribution >= 4 is 22.6 Å². The Morgan fingerprint density at radius 3 is 2.71 bits per heavy atom. The normalized spacial score (nSPS) is 16.4. The van der Waals surface area contributed by atoms with Crippen LogP contribution in [0, 0.1) is 11.9 Å². The van der Waals surface area contributed by atoms with Gasteiger partial charge in [-0.1, -0.05) is 6.92 Å². The Labute approximate surface area is 203 Å². The topological polar surface area (TPSA) is 89.7 Å². The van der Waals surface area contributed by atoms with Gasteiger partial charge >= 0.3 is 0 Å². The van der Waals surface area contributed by atoms with Crippen LogP contribution >= 0.6 is 0 Å². The Morgan fingerprint density at radius 2 is 1.97 bits per heavy atom. The lowest BCUT2D eigenvalue weighted by Gasteiger charge is -2.31. The van der Waals surface area contributed by atoms with Crippen molar-refractivity contribution in [2.75, 3.05) is 11.4 Å². The van der Waals surface area contributed by atoms with Crippen LogP contribution in [0.2, 0.25) is 0 Å². The molecule has 8 nitrogen and oxygen atoms in total. The van der Waals surface area contributed by atoms with Crippen LogP contribution in [-0.4, -0.2) is 41.9 Å². The van der Waals surface area contributed by atoms with E-state index in [2.05, 4.69) is 31.8 Å². The molecule has 1 amide bonds. The Kier molecular flexibility index (Phi) is 6.23. The summed E-state index contributed by atoms with van der Waals surface area (Å²) in [4.78, 5) is 36.3. The molecule has 1 atom stereocenters. The summed E-state index contributed by atoms with van der Waals surface area (Å²) in [5.41, 5.74) is 3.50. The number of fused-ring (bicyclic) bond motifs is 1. The van der Waals surface area contributed by atoms with Crippen molar-refractivity contribution < 1.29 is 9.18 Å². The summed E-state index contributed by atoms with van der Waals surface area (Å²) in [5, 5.41) is 0. The van der Waals surface area contributed by atoms with E-state index in [0.717, 1.165) is 37.2 Å². The highest BCUT2D eigenvalue weighted by Gasteiger charge is 2.28. The van der Waals surface area contributed by atoms with Gasteiger partial charge in [-0.3, -0.25) is 9.78 Å². The third kappa shape index (κ3) is 4.50. The Bertz CT molecular complexity index is 1370. The molecule has 1 unspecified atom stereocenters. The third-order valence-electron chi connectivity index (χ3n) is 6.55. The van der Waals surface area contributed by atoms with E-state index in [4.69, 9.17) is 0 Å². The van der Waals surface area contributed by atoms with Gasteiger partial charge in [0.05, 0.1) is 41.5 Å². The number of pyridine rings is 2. The number of aromatic nitrogens is 6. The summed E-state index contributed by atoms with van der Waals surface area (Å²) in [6.45, 7) is 6.82. The number of carbonyl (C=O) groups excluding carboxylic acids is 1. The van der Waals surface area contributed by atoms with E-state index in [1.807, 2.05) is 41.5 Å². The molecule has 0 N–H and O–H groups in total. The predicted octanol–water partition coefficient (Wildman–Crippen LogP) is 4.75. The van der Waals surface area contributed by atoms with Crippen molar-refractivity contribution in [2.24, 2.45) is 5.92 Å². The SMILES string of the molecule is CCC1CCCN(c2ccc(Cc3nccc(-c4cc5c(ncn5C(C)C)c(F)n4)n3)nc2)C1=O. The maximum atomic E-state index is 14.7. The number of hydrogen-bond acceptors (Lipinski definition) is 6. The maximum absolute atomic E-state index is 14.7. The monoisotopic (exact) mass is 473 g/mol. The van der Waals surface area contributed by atoms with Crippen molar-refractivity contribution in [3.05, 3.63) is 60.5 Å². The molecule has 9 heteroatoms. The summed E-state index contributed by atoms with van der Waals surface area (Å²) in [7, 11) is 0. The van der Waals surface area contributed by atoms with Gasteiger partial charge in [-0.15, -0.1) is 0 Å². The molecular formula is C26H28FN7O. The molecule has 0 radical (unpaired) electrons. The maximum Gasteiger partial charge on any atom is 0.241 e. The number of amides is 1. The lowest BCUT2D eigenvalue weighted by atomic mass is 9.94. The first-order chi connectivity index (χ1) is 16.9. The van der Waals surface area contributed by atoms with Crippen LogP contribution in [-0.2, 0) is 11.2 Å². The largest absolute Gasteiger partial charge is 0.328 e. The second-order valence-electron chi connectivity index (χ2n) is 9.19. The van der Waals surface area contributed by atoms with Crippen molar-refractivity contribution in [3.63, 3.8) is 0 Å². The highest BCUT2D eigenvalue weighted by atomic mass is 19.1. The van der Waals surface area contributed by atoms with E-state index in [1.54, 1.807) is 24.8 Å². The number of hydrogen-bond donors (Lipinski definition) is 0. The van der Waals surface area contributed by atoms with Crippen molar-refractivity contribution in [3.8, 4) is 11.4 Å². The first-order valence-corrected chi connectivity index (χ1v) is 12.1. The molecule has 5 heterocycles. The molecule has 0 aliphatic carbocycles. The Morgan fingerprint density at radius 1 is 1.11 bits per heavy atom. The fraction of sp³-hybridized carbons (Fsp3) is 0.385. The van der Waals surface area contributed by atoms with E-state index in [-0.39, 0.29) is 23.4 Å². The molecule has 0 saturated carbocycles. The van der Waals surface area contributed by atoms with Gasteiger partial charge in [-0.25, -0.2) is 19.9 Å². The highest BCUT2D eigenvalue weighted by Crippen LogP contribution is 2.27. The zero-order chi connectivity index (χ0) is 24.5. The first-order valence-electron chi connectivity index (χ1n) is 12.1. The lowest BCUT2D eigenvalue weighted by Crippen LogP contribution is -2.41. The fourth-order valence-electron chi connectivity index (χ4n) is 4.59. The molecule has 1 saturated heterocycles. The van der Waals surface area contributed by atoms with Gasteiger partial charge in [0.2, 0.25) is 11.9 Å². The minimum atomic E-state index is -0.619. The number of anilines is 1. The molecule has 180 valence electrons. The molecular weight excluding hydrogens is 445 g/mol. The van der Waals surface area contributed by atoms with Crippen LogP contribution in [0.25, 0.3) is 22.4 Å². The molecule has 5 rings (SSSR count). The third-order valence-corrected chi connectivity index (χ3v) is 6.55. The zero-order valence-corrected chi connectivity index (χ0v) is 20.1. The number of piperidine rings is 1. The summed E-state index contributed by atoms with van der Waals surface area (Å²) in [6, 6.07) is 7.50. The lowest BCUT2D eigenvalue weighted by molar-refractivity contribution is -0.123. The van der Waals surface area contributed by atoms with Gasteiger partial charge in [-0.05, 0) is 57.4 Å². The van der Waals surface area contributed by atoms with E-state index in [0.29, 0.717) is 29.1 Å². The van der Waals surface area contributed by atoms with Crippen LogP contribution in [0.3, 0.4) is 0 Å². The van der Waals surface area contributed by atoms with E-state index in [1.165, 1.54) is 0 Å². The van der Waals surface area contributed by atoms with E-state index >= 15 is 0 Å². The molecule has 4 aromatic rings. The minimum absolute atomic E-state index is 0.0939. The Balaban J connectivity index is 1.37. The quantitative estimate of drug-likeness (QED) is 0.376. The van der Waals surface area contributed by atoms with Gasteiger partial charge in [0.25, 0.3) is 0 Å². The fourth-order valence-corrected chi connectivity index (χ4v) is 4.59. The number of imidazole rings is 1. The average Bonchev–Trinajstić information content (AvgIpc) is 3.30. The average molecular weight is 474 g/mol. The standard InChI is InChI=1S/C26H28FN7O/c1-4-17-6-5-11-33(26(17)35)19-8-7-18(29-14-19)12-23-28-10-9-20(31-23)21-13-22-24(25(27)32-21)30-15-34(22)16(2)3/h7-10,13-17H,4-6,11-12H2,1-3H3. The number of nitrogens with zero attached hydrogens (tertiary/aromatic N) is 7. The van der Waals surface area contributed by atoms with Gasteiger partial charge in [-0.2, -0.15) is 4.39 Å². The highest BCUT2D eigenvalue weighted by molar-refractivity contribution is 5.95. The van der Waals surface area contributed by atoms with Crippen molar-refractivity contribution in [1.29, 1.82) is 0 Å². The smallest absolute Gasteiger partial charge is 0.241 e. The number of carbonyl (C=O) groups is 1. The molecule has 35 heavy (non-hydrogen) atoms. The van der Waals surface area contributed by atoms with Crippen molar-refractivity contribution in [2.45, 2.75) is 52.5 Å². The summed E-state index contributed by atoms with van der Waals surface area (Å²) < 4.78 is 16.6. The molecule has 0 spiro atoms. The molecule has 1 fully saturated rings. The van der Waals surface area contributed by atoms with Crippen LogP contribution < -0.4 is 4.90 Å². The molecule has 1 aliphatic rings. The van der Waals surface area contributed by atoms with Crippen LogP contribution in [0.5, 0.6) is 0 Å². The van der Waals surface area contributed by atoms with Crippen molar-refractivity contribution in [1.82, 2.24) is 29.5 Å². The van der Waals surface area contributed by atoms with Gasteiger partial charge < -0.3 is 9.47 Å². The summed E-state index contributed by atoms with van der Waals surface area (Å²) >= 11 is 0. The minimum Gasteiger partial charge on any atom is -0.328 e. The zero-order valence-electron chi connectivity index (χ0n) is 20.1. The number of halogens is 1. The number of rotatable bonds is 6. The van der Waals surface area contributed by atoms with Gasteiger partial charge in [0.15, 0.2) is 0 Å². The summed E-state index contributed by atoms with van der Waals surface area (Å²) in [5.74, 6) is 0.214. The van der Waals surface area contributed by atoms with E-state index < -0.39 is 5.95 Å². The molecule has 4 aromatic heterocycles. The Hall–Kier alpha value is -3.75. The molecule has 0 aromatic carbocycles. The summed E-state index contributed by atoms with van der Waals surface area (Å²) in [6.07, 6.45) is 8.25. The van der Waals surface area contributed by atoms with Gasteiger partial charge in [0.1, 0.15) is 11.3 Å². The molecule has 0 bridgehead atoms. The molecule has 1 aliphatic heterocycles. The van der Waals surface area contributed by atoms with Crippen LogP contribution in [0.15, 0.2) is 43.0 Å². The van der Waals surface area contributed by atoms with Gasteiger partial charge in [0, 0.05) is 30.4 Å². The predicted molar refractivity (Wildman–Crippen MR) is 131 cm³/mol. The van der Waals surface area contributed by atoms with Crippen LogP contribution in [0.1, 0.15) is 57.6 Å². The second-order valence-corrected chi connectivity index (χ2v) is 9.19. The second kappa shape index (κ2) is 9.48. The van der Waals surface area contributed by atoms with E-state index in [9.17, 15) is 9.18 Å².